The summed E-state index contributed by atoms with van der Waals surface area (Å²) in [5.74, 6) is 2.78. The number of amides is 1. The lowest BCUT2D eigenvalue weighted by Gasteiger charge is -2.09. The van der Waals surface area contributed by atoms with Crippen molar-refractivity contribution in [3.63, 3.8) is 0 Å². The second-order valence-electron chi connectivity index (χ2n) is 7.37. The molecule has 0 saturated carbocycles. The Kier molecular flexibility index (Phi) is 7.52. The van der Waals surface area contributed by atoms with E-state index in [4.69, 9.17) is 4.74 Å². The molecule has 0 aliphatic rings. The van der Waals surface area contributed by atoms with Crippen LogP contribution >= 0.6 is 11.8 Å². The molecule has 0 fully saturated rings. The van der Waals surface area contributed by atoms with Crippen LogP contribution in [0.4, 0.5) is 0 Å². The van der Waals surface area contributed by atoms with E-state index in [1.54, 1.807) is 18.9 Å². The van der Waals surface area contributed by atoms with Gasteiger partial charge in [-0.2, -0.15) is 0 Å². The van der Waals surface area contributed by atoms with Gasteiger partial charge in [-0.3, -0.25) is 4.79 Å². The molecule has 30 heavy (non-hydrogen) atoms. The Morgan fingerprint density at radius 3 is 2.60 bits per heavy atom. The average molecular weight is 425 g/mol. The van der Waals surface area contributed by atoms with Gasteiger partial charge in [0, 0.05) is 30.0 Å². The molecule has 0 aliphatic heterocycles. The van der Waals surface area contributed by atoms with Gasteiger partial charge in [-0.05, 0) is 42.7 Å². The average Bonchev–Trinajstić information content (AvgIpc) is 3.19. The SMILES string of the molecule is CCn1c(SCc2ccc(C(=O)NCC(C)C)cc2)nnc1-c1cccc(OC)c1. The van der Waals surface area contributed by atoms with Crippen LogP contribution in [0, 0.1) is 5.92 Å². The second-order valence-corrected chi connectivity index (χ2v) is 8.31. The number of benzene rings is 2. The van der Waals surface area contributed by atoms with Gasteiger partial charge in [0.05, 0.1) is 7.11 Å². The van der Waals surface area contributed by atoms with Crippen LogP contribution in [0.2, 0.25) is 0 Å². The van der Waals surface area contributed by atoms with Crippen LogP contribution < -0.4 is 10.1 Å². The molecule has 1 amide bonds. The molecule has 3 rings (SSSR count). The summed E-state index contributed by atoms with van der Waals surface area (Å²) in [6.45, 7) is 7.70. The van der Waals surface area contributed by atoms with Crippen molar-refractivity contribution >= 4 is 17.7 Å². The molecule has 0 atom stereocenters. The van der Waals surface area contributed by atoms with Crippen LogP contribution in [-0.2, 0) is 12.3 Å². The third kappa shape index (κ3) is 5.42. The van der Waals surface area contributed by atoms with Crippen molar-refractivity contribution in [2.24, 2.45) is 5.92 Å². The van der Waals surface area contributed by atoms with E-state index < -0.39 is 0 Å². The Morgan fingerprint density at radius 2 is 1.93 bits per heavy atom. The van der Waals surface area contributed by atoms with Crippen molar-refractivity contribution in [2.75, 3.05) is 13.7 Å². The van der Waals surface area contributed by atoms with Crippen LogP contribution in [0.15, 0.2) is 53.7 Å². The molecule has 1 aromatic heterocycles. The second kappa shape index (κ2) is 10.3. The summed E-state index contributed by atoms with van der Waals surface area (Å²) < 4.78 is 7.43. The Hall–Kier alpha value is -2.80. The largest absolute Gasteiger partial charge is 0.497 e. The van der Waals surface area contributed by atoms with E-state index in [0.29, 0.717) is 18.0 Å². The van der Waals surface area contributed by atoms with Crippen molar-refractivity contribution in [1.29, 1.82) is 0 Å². The van der Waals surface area contributed by atoms with Crippen LogP contribution in [0.3, 0.4) is 0 Å². The highest BCUT2D eigenvalue weighted by molar-refractivity contribution is 7.98. The Bertz CT molecular complexity index is 983. The molecule has 0 radical (unpaired) electrons. The third-order valence-corrected chi connectivity index (χ3v) is 5.65. The summed E-state index contributed by atoms with van der Waals surface area (Å²) in [7, 11) is 1.66. The monoisotopic (exact) mass is 424 g/mol. The molecular weight excluding hydrogens is 396 g/mol. The van der Waals surface area contributed by atoms with Crippen molar-refractivity contribution in [3.05, 3.63) is 59.7 Å². The number of carbonyl (C=O) groups excluding carboxylic acids is 1. The Morgan fingerprint density at radius 1 is 1.17 bits per heavy atom. The van der Waals surface area contributed by atoms with Crippen LogP contribution in [0.1, 0.15) is 36.7 Å². The summed E-state index contributed by atoms with van der Waals surface area (Å²) in [6, 6.07) is 15.6. The van der Waals surface area contributed by atoms with Crippen molar-refractivity contribution in [2.45, 2.75) is 38.2 Å². The predicted octanol–water partition coefficient (Wildman–Crippen LogP) is 4.65. The van der Waals surface area contributed by atoms with E-state index >= 15 is 0 Å². The number of thioether (sulfide) groups is 1. The van der Waals surface area contributed by atoms with Gasteiger partial charge >= 0.3 is 0 Å². The summed E-state index contributed by atoms with van der Waals surface area (Å²) in [5, 5.41) is 12.6. The standard InChI is InChI=1S/C23H28N4O2S/c1-5-27-21(19-7-6-8-20(13-19)29-4)25-26-23(27)30-15-17-9-11-18(12-10-17)22(28)24-14-16(2)3/h6-13,16H,5,14-15H2,1-4H3,(H,24,28). The van der Waals surface area contributed by atoms with Gasteiger partial charge in [-0.15, -0.1) is 10.2 Å². The molecule has 1 N–H and O–H groups in total. The topological polar surface area (TPSA) is 69.0 Å². The highest BCUT2D eigenvalue weighted by Crippen LogP contribution is 2.28. The summed E-state index contributed by atoms with van der Waals surface area (Å²) in [5.41, 5.74) is 2.79. The molecule has 0 bridgehead atoms. The Labute approximate surface area is 182 Å². The maximum absolute atomic E-state index is 12.2. The maximum atomic E-state index is 12.2. The number of nitrogens with zero attached hydrogens (tertiary/aromatic N) is 3. The van der Waals surface area contributed by atoms with Crippen molar-refractivity contribution in [3.8, 4) is 17.1 Å². The Balaban J connectivity index is 1.67. The molecule has 0 saturated heterocycles. The number of carbonyl (C=O) groups is 1. The van der Waals surface area contributed by atoms with Crippen LogP contribution in [0.5, 0.6) is 5.75 Å². The summed E-state index contributed by atoms with van der Waals surface area (Å²) in [4.78, 5) is 12.2. The number of hydrogen-bond donors (Lipinski definition) is 1. The van der Waals surface area contributed by atoms with Crippen LogP contribution in [0.25, 0.3) is 11.4 Å². The molecule has 0 aliphatic carbocycles. The van der Waals surface area contributed by atoms with E-state index in [2.05, 4.69) is 40.9 Å². The minimum atomic E-state index is -0.0310. The number of aromatic nitrogens is 3. The highest BCUT2D eigenvalue weighted by atomic mass is 32.2. The van der Waals surface area contributed by atoms with Gasteiger partial charge in [0.1, 0.15) is 5.75 Å². The minimum Gasteiger partial charge on any atom is -0.497 e. The predicted molar refractivity (Wildman–Crippen MR) is 121 cm³/mol. The molecule has 7 heteroatoms. The van der Waals surface area contributed by atoms with Gasteiger partial charge in [-0.1, -0.05) is 49.9 Å². The molecular formula is C23H28N4O2S. The van der Waals surface area contributed by atoms with Gasteiger partial charge in [0.15, 0.2) is 11.0 Å². The quantitative estimate of drug-likeness (QED) is 0.506. The third-order valence-electron chi connectivity index (χ3n) is 4.62. The van der Waals surface area contributed by atoms with E-state index in [0.717, 1.165) is 40.2 Å². The maximum Gasteiger partial charge on any atom is 0.251 e. The first-order valence-corrected chi connectivity index (χ1v) is 11.1. The smallest absolute Gasteiger partial charge is 0.251 e. The molecule has 6 nitrogen and oxygen atoms in total. The molecule has 0 spiro atoms. The van der Waals surface area contributed by atoms with E-state index in [1.807, 2.05) is 48.5 Å². The van der Waals surface area contributed by atoms with Gasteiger partial charge in [-0.25, -0.2) is 0 Å². The molecule has 2 aromatic carbocycles. The number of nitrogens with one attached hydrogen (secondary N) is 1. The van der Waals surface area contributed by atoms with Gasteiger partial charge in [0.2, 0.25) is 0 Å². The zero-order valence-electron chi connectivity index (χ0n) is 17.9. The number of ether oxygens (including phenoxy) is 1. The number of methoxy groups -OCH3 is 1. The van der Waals surface area contributed by atoms with Gasteiger partial charge in [0.25, 0.3) is 5.91 Å². The number of hydrogen-bond acceptors (Lipinski definition) is 5. The van der Waals surface area contributed by atoms with E-state index in [9.17, 15) is 4.79 Å². The summed E-state index contributed by atoms with van der Waals surface area (Å²) >= 11 is 1.64. The fourth-order valence-corrected chi connectivity index (χ4v) is 3.91. The first-order chi connectivity index (χ1) is 14.5. The van der Waals surface area contributed by atoms with Gasteiger partial charge < -0.3 is 14.6 Å². The highest BCUT2D eigenvalue weighted by Gasteiger charge is 2.14. The van der Waals surface area contributed by atoms with E-state index in [-0.39, 0.29) is 5.91 Å². The van der Waals surface area contributed by atoms with Crippen molar-refractivity contribution < 1.29 is 9.53 Å². The van der Waals surface area contributed by atoms with E-state index in [1.165, 1.54) is 0 Å². The lowest BCUT2D eigenvalue weighted by Crippen LogP contribution is -2.27. The lowest BCUT2D eigenvalue weighted by atomic mass is 10.1. The number of rotatable bonds is 9. The fourth-order valence-electron chi connectivity index (χ4n) is 2.96. The first-order valence-electron chi connectivity index (χ1n) is 10.1. The normalized spacial score (nSPS) is 11.0. The zero-order chi connectivity index (χ0) is 21.5. The minimum absolute atomic E-state index is 0.0310. The summed E-state index contributed by atoms with van der Waals surface area (Å²) in [6.07, 6.45) is 0. The van der Waals surface area contributed by atoms with Crippen LogP contribution in [-0.4, -0.2) is 34.3 Å². The van der Waals surface area contributed by atoms with Crippen molar-refractivity contribution in [1.82, 2.24) is 20.1 Å². The first kappa shape index (κ1) is 21.9. The zero-order valence-corrected chi connectivity index (χ0v) is 18.7. The molecule has 3 aromatic rings. The molecule has 1 heterocycles. The molecule has 158 valence electrons. The lowest BCUT2D eigenvalue weighted by molar-refractivity contribution is 0.0949. The molecule has 0 unspecified atom stereocenters. The fraction of sp³-hybridized carbons (Fsp3) is 0.348.